The van der Waals surface area contributed by atoms with Crippen LogP contribution in [0.2, 0.25) is 0 Å². The number of aromatic nitrogens is 3. The summed E-state index contributed by atoms with van der Waals surface area (Å²) >= 11 is 0. The van der Waals surface area contributed by atoms with Crippen molar-refractivity contribution in [2.45, 2.75) is 51.0 Å². The number of pyridine rings is 1. The van der Waals surface area contributed by atoms with E-state index in [-0.39, 0.29) is 11.9 Å². The summed E-state index contributed by atoms with van der Waals surface area (Å²) in [6.45, 7) is 3.54. The number of carbonyl (C=O) groups is 1. The summed E-state index contributed by atoms with van der Waals surface area (Å²) in [6, 6.07) is 12.2. The van der Waals surface area contributed by atoms with Crippen molar-refractivity contribution in [3.63, 3.8) is 0 Å². The molecule has 1 aliphatic carbocycles. The van der Waals surface area contributed by atoms with Gasteiger partial charge in [0.05, 0.1) is 6.04 Å². The van der Waals surface area contributed by atoms with Gasteiger partial charge in [0.1, 0.15) is 11.3 Å². The molecule has 0 unspecified atom stereocenters. The standard InChI is InChI=1S/C23H26N4O/c1-16-6-4-9-18(14-16)23(28)26-13-11-19(15-26)27-21(17-7-2-3-8-17)25-20-10-5-12-24-22(20)27/h4-6,9-10,12,14,17,19H,2-3,7-8,11,13,15H2,1H3/t19-/m1/s1. The molecule has 3 heterocycles. The van der Waals surface area contributed by atoms with Crippen molar-refractivity contribution in [2.24, 2.45) is 0 Å². The first-order valence-corrected chi connectivity index (χ1v) is 10.4. The molecule has 2 aromatic heterocycles. The summed E-state index contributed by atoms with van der Waals surface area (Å²) < 4.78 is 2.36. The summed E-state index contributed by atoms with van der Waals surface area (Å²) in [6.07, 6.45) is 7.79. The van der Waals surface area contributed by atoms with Gasteiger partial charge in [0.25, 0.3) is 5.91 Å². The van der Waals surface area contributed by atoms with Crippen molar-refractivity contribution in [1.29, 1.82) is 0 Å². The molecular formula is C23H26N4O. The lowest BCUT2D eigenvalue weighted by Crippen LogP contribution is -2.29. The normalized spacial score (nSPS) is 20.3. The van der Waals surface area contributed by atoms with E-state index >= 15 is 0 Å². The van der Waals surface area contributed by atoms with Gasteiger partial charge in [-0.2, -0.15) is 0 Å². The number of amides is 1. The quantitative estimate of drug-likeness (QED) is 0.679. The Balaban J connectivity index is 1.46. The second-order valence-electron chi connectivity index (χ2n) is 8.23. The van der Waals surface area contributed by atoms with Crippen molar-refractivity contribution < 1.29 is 4.79 Å². The molecule has 0 bridgehead atoms. The van der Waals surface area contributed by atoms with Gasteiger partial charge in [-0.15, -0.1) is 0 Å². The molecule has 1 saturated carbocycles. The Morgan fingerprint density at radius 2 is 1.96 bits per heavy atom. The van der Waals surface area contributed by atoms with Crippen molar-refractivity contribution >= 4 is 17.1 Å². The van der Waals surface area contributed by atoms with Gasteiger partial charge < -0.3 is 9.47 Å². The molecule has 144 valence electrons. The number of hydrogen-bond donors (Lipinski definition) is 0. The number of aryl methyl sites for hydroxylation is 1. The van der Waals surface area contributed by atoms with Crippen molar-refractivity contribution in [3.05, 3.63) is 59.5 Å². The van der Waals surface area contributed by atoms with Crippen LogP contribution in [0.25, 0.3) is 11.2 Å². The topological polar surface area (TPSA) is 51.0 Å². The Kier molecular flexibility index (Phi) is 4.38. The molecule has 5 rings (SSSR count). The maximum atomic E-state index is 13.0. The Labute approximate surface area is 165 Å². The highest BCUT2D eigenvalue weighted by Gasteiger charge is 2.33. The average molecular weight is 374 g/mol. The van der Waals surface area contributed by atoms with Crippen LogP contribution in [-0.4, -0.2) is 38.4 Å². The first-order chi connectivity index (χ1) is 13.7. The van der Waals surface area contributed by atoms with E-state index < -0.39 is 0 Å². The zero-order valence-electron chi connectivity index (χ0n) is 16.3. The Morgan fingerprint density at radius 3 is 2.79 bits per heavy atom. The van der Waals surface area contributed by atoms with Crippen molar-refractivity contribution in [1.82, 2.24) is 19.4 Å². The molecular weight excluding hydrogens is 348 g/mol. The summed E-state index contributed by atoms with van der Waals surface area (Å²) in [7, 11) is 0. The van der Waals surface area contributed by atoms with E-state index in [2.05, 4.69) is 15.6 Å². The van der Waals surface area contributed by atoms with Gasteiger partial charge in [0, 0.05) is 30.8 Å². The van der Waals surface area contributed by atoms with E-state index in [1.54, 1.807) is 0 Å². The predicted octanol–water partition coefficient (Wildman–Crippen LogP) is 4.48. The molecule has 0 radical (unpaired) electrons. The van der Waals surface area contributed by atoms with E-state index in [4.69, 9.17) is 4.98 Å². The number of nitrogens with zero attached hydrogens (tertiary/aromatic N) is 4. The lowest BCUT2D eigenvalue weighted by molar-refractivity contribution is 0.0787. The van der Waals surface area contributed by atoms with Gasteiger partial charge in [-0.05, 0) is 50.5 Å². The van der Waals surface area contributed by atoms with Gasteiger partial charge in [-0.1, -0.05) is 30.5 Å². The summed E-state index contributed by atoms with van der Waals surface area (Å²) in [5.74, 6) is 1.84. The minimum atomic E-state index is 0.131. The SMILES string of the molecule is Cc1cccc(C(=O)N2CC[C@@H](n3c(C4CCCC4)nc4cccnc43)C2)c1. The monoisotopic (exact) mass is 374 g/mol. The van der Waals surface area contributed by atoms with Gasteiger partial charge in [-0.25, -0.2) is 9.97 Å². The number of hydrogen-bond acceptors (Lipinski definition) is 3. The van der Waals surface area contributed by atoms with Crippen LogP contribution in [0.4, 0.5) is 0 Å². The van der Waals surface area contributed by atoms with E-state index in [1.165, 1.54) is 31.5 Å². The fraction of sp³-hybridized carbons (Fsp3) is 0.435. The maximum absolute atomic E-state index is 13.0. The first kappa shape index (κ1) is 17.4. The molecule has 0 N–H and O–H groups in total. The average Bonchev–Trinajstić information content (AvgIpc) is 3.45. The molecule has 1 aliphatic heterocycles. The van der Waals surface area contributed by atoms with Gasteiger partial charge >= 0.3 is 0 Å². The molecule has 5 heteroatoms. The molecule has 2 aliphatic rings. The van der Waals surface area contributed by atoms with Gasteiger partial charge in [0.15, 0.2) is 5.65 Å². The summed E-state index contributed by atoms with van der Waals surface area (Å²) in [5.41, 5.74) is 3.85. The third kappa shape index (κ3) is 2.99. The van der Waals surface area contributed by atoms with E-state index in [0.717, 1.165) is 41.8 Å². The molecule has 0 spiro atoms. The summed E-state index contributed by atoms with van der Waals surface area (Å²) in [5, 5.41) is 0. The number of likely N-dealkylation sites (tertiary alicyclic amines) is 1. The van der Waals surface area contributed by atoms with Crippen LogP contribution in [0.15, 0.2) is 42.6 Å². The zero-order valence-corrected chi connectivity index (χ0v) is 16.3. The minimum absolute atomic E-state index is 0.131. The van der Waals surface area contributed by atoms with Crippen LogP contribution in [-0.2, 0) is 0 Å². The van der Waals surface area contributed by atoms with Crippen LogP contribution in [0.5, 0.6) is 0 Å². The molecule has 28 heavy (non-hydrogen) atoms. The maximum Gasteiger partial charge on any atom is 0.253 e. The van der Waals surface area contributed by atoms with Crippen LogP contribution in [0.1, 0.15) is 65.8 Å². The molecule has 1 aromatic carbocycles. The number of carbonyl (C=O) groups excluding carboxylic acids is 1. The number of benzene rings is 1. The minimum Gasteiger partial charge on any atom is -0.336 e. The van der Waals surface area contributed by atoms with Crippen LogP contribution in [0, 0.1) is 6.92 Å². The Bertz CT molecular complexity index is 1020. The Morgan fingerprint density at radius 1 is 1.11 bits per heavy atom. The largest absolute Gasteiger partial charge is 0.336 e. The highest BCUT2D eigenvalue weighted by Crippen LogP contribution is 2.38. The smallest absolute Gasteiger partial charge is 0.253 e. The van der Waals surface area contributed by atoms with Crippen molar-refractivity contribution in [3.8, 4) is 0 Å². The fourth-order valence-corrected chi connectivity index (χ4v) is 4.88. The van der Waals surface area contributed by atoms with Gasteiger partial charge in [0.2, 0.25) is 0 Å². The van der Waals surface area contributed by atoms with Crippen LogP contribution < -0.4 is 0 Å². The van der Waals surface area contributed by atoms with Gasteiger partial charge in [-0.3, -0.25) is 4.79 Å². The number of imidazole rings is 1. The third-order valence-electron chi connectivity index (χ3n) is 6.28. The number of fused-ring (bicyclic) bond motifs is 1. The molecule has 1 atom stereocenters. The first-order valence-electron chi connectivity index (χ1n) is 10.4. The second-order valence-corrected chi connectivity index (χ2v) is 8.23. The Hall–Kier alpha value is -2.69. The second kappa shape index (κ2) is 7.04. The third-order valence-corrected chi connectivity index (χ3v) is 6.28. The number of rotatable bonds is 3. The van der Waals surface area contributed by atoms with E-state index in [9.17, 15) is 4.79 Å². The van der Waals surface area contributed by atoms with E-state index in [1.807, 2.05) is 48.4 Å². The lowest BCUT2D eigenvalue weighted by atomic mass is 10.1. The van der Waals surface area contributed by atoms with Crippen LogP contribution in [0.3, 0.4) is 0 Å². The summed E-state index contributed by atoms with van der Waals surface area (Å²) in [4.78, 5) is 24.6. The predicted molar refractivity (Wildman–Crippen MR) is 109 cm³/mol. The van der Waals surface area contributed by atoms with Crippen LogP contribution >= 0.6 is 0 Å². The highest BCUT2D eigenvalue weighted by molar-refractivity contribution is 5.94. The molecule has 1 amide bonds. The zero-order chi connectivity index (χ0) is 19.1. The lowest BCUT2D eigenvalue weighted by Gasteiger charge is -2.20. The molecule has 2 fully saturated rings. The fourth-order valence-electron chi connectivity index (χ4n) is 4.88. The molecule has 3 aromatic rings. The van der Waals surface area contributed by atoms with E-state index in [0.29, 0.717) is 5.92 Å². The highest BCUT2D eigenvalue weighted by atomic mass is 16.2. The molecule has 5 nitrogen and oxygen atoms in total. The molecule has 1 saturated heterocycles. The van der Waals surface area contributed by atoms with Crippen molar-refractivity contribution in [2.75, 3.05) is 13.1 Å².